The van der Waals surface area contributed by atoms with Crippen LogP contribution in [0.5, 0.6) is 0 Å². The predicted octanol–water partition coefficient (Wildman–Crippen LogP) is 1.38. The van der Waals surface area contributed by atoms with Gasteiger partial charge in [-0.15, -0.1) is 0 Å². The lowest BCUT2D eigenvalue weighted by atomic mass is 10.0. The minimum Gasteiger partial charge on any atom is -0.334 e. The van der Waals surface area contributed by atoms with Gasteiger partial charge in [0.05, 0.1) is 0 Å². The van der Waals surface area contributed by atoms with Crippen molar-refractivity contribution in [2.75, 3.05) is 32.5 Å². The molecule has 1 aliphatic rings. The number of carbonyl (C=O) groups is 3. The summed E-state index contributed by atoms with van der Waals surface area (Å²) in [7, 11) is 3.73. The van der Waals surface area contributed by atoms with Crippen LogP contribution in [0.15, 0.2) is 24.3 Å². The second-order valence-corrected chi connectivity index (χ2v) is 6.04. The molecule has 0 spiro atoms. The van der Waals surface area contributed by atoms with Gasteiger partial charge in [0, 0.05) is 24.3 Å². The molecule has 1 aromatic rings. The maximum absolute atomic E-state index is 12.2. The number of hydrogen-bond acceptors (Lipinski definition) is 4. The molecule has 1 aromatic carbocycles. The van der Waals surface area contributed by atoms with Crippen molar-refractivity contribution in [1.82, 2.24) is 9.80 Å². The topological polar surface area (TPSA) is 69.7 Å². The van der Waals surface area contributed by atoms with Crippen molar-refractivity contribution < 1.29 is 14.4 Å². The summed E-state index contributed by atoms with van der Waals surface area (Å²) in [4.78, 5) is 39.3. The van der Waals surface area contributed by atoms with Gasteiger partial charge in [0.1, 0.15) is 0 Å². The number of rotatable bonds is 3. The lowest BCUT2D eigenvalue weighted by molar-refractivity contribution is -0.144. The quantitative estimate of drug-likeness (QED) is 0.675. The van der Waals surface area contributed by atoms with Gasteiger partial charge in [-0.25, -0.2) is 0 Å². The maximum Gasteiger partial charge on any atom is 0.313 e. The lowest BCUT2D eigenvalue weighted by Gasteiger charge is -2.34. The average molecular weight is 317 g/mol. The van der Waals surface area contributed by atoms with Gasteiger partial charge in [0.25, 0.3) is 0 Å². The van der Waals surface area contributed by atoms with Gasteiger partial charge in [-0.3, -0.25) is 14.4 Å². The van der Waals surface area contributed by atoms with Crippen molar-refractivity contribution >= 4 is 23.3 Å². The molecule has 1 heterocycles. The van der Waals surface area contributed by atoms with Crippen molar-refractivity contribution in [1.29, 1.82) is 0 Å². The van der Waals surface area contributed by atoms with Crippen LogP contribution < -0.4 is 5.32 Å². The first-order valence-corrected chi connectivity index (χ1v) is 7.76. The molecule has 0 radical (unpaired) electrons. The summed E-state index contributed by atoms with van der Waals surface area (Å²) < 4.78 is 0. The number of benzene rings is 1. The fourth-order valence-corrected chi connectivity index (χ4v) is 2.68. The van der Waals surface area contributed by atoms with Crippen molar-refractivity contribution in [2.45, 2.75) is 25.8 Å². The number of ketones is 1. The summed E-state index contributed by atoms with van der Waals surface area (Å²) in [6, 6.07) is 6.60. The molecule has 0 aliphatic carbocycles. The Morgan fingerprint density at radius 1 is 1.13 bits per heavy atom. The molecular formula is C17H23N3O3. The van der Waals surface area contributed by atoms with Crippen molar-refractivity contribution in [3.05, 3.63) is 29.8 Å². The van der Waals surface area contributed by atoms with Crippen LogP contribution in [0.2, 0.25) is 0 Å². The zero-order valence-electron chi connectivity index (χ0n) is 13.8. The Labute approximate surface area is 136 Å². The van der Waals surface area contributed by atoms with Crippen molar-refractivity contribution in [3.8, 4) is 0 Å². The third kappa shape index (κ3) is 4.39. The molecule has 0 atom stereocenters. The number of nitrogens with zero attached hydrogens (tertiary/aromatic N) is 2. The van der Waals surface area contributed by atoms with E-state index in [-0.39, 0.29) is 11.8 Å². The molecule has 23 heavy (non-hydrogen) atoms. The molecule has 0 aromatic heterocycles. The Hall–Kier alpha value is -2.21. The number of likely N-dealkylation sites (tertiary alicyclic amines) is 1. The van der Waals surface area contributed by atoms with E-state index in [4.69, 9.17) is 0 Å². The molecule has 0 unspecified atom stereocenters. The lowest BCUT2D eigenvalue weighted by Crippen LogP contribution is -2.47. The summed E-state index contributed by atoms with van der Waals surface area (Å²) in [5.74, 6) is -1.22. The van der Waals surface area contributed by atoms with Gasteiger partial charge >= 0.3 is 11.8 Å². The van der Waals surface area contributed by atoms with Gasteiger partial charge in [-0.2, -0.15) is 0 Å². The maximum atomic E-state index is 12.2. The van der Waals surface area contributed by atoms with Crippen molar-refractivity contribution in [2.24, 2.45) is 0 Å². The van der Waals surface area contributed by atoms with E-state index in [9.17, 15) is 14.4 Å². The highest BCUT2D eigenvalue weighted by molar-refractivity contribution is 6.39. The first kappa shape index (κ1) is 17.1. The van der Waals surface area contributed by atoms with Crippen LogP contribution in [0.1, 0.15) is 30.1 Å². The third-order valence-corrected chi connectivity index (χ3v) is 4.30. The molecule has 6 heteroatoms. The van der Waals surface area contributed by atoms with E-state index >= 15 is 0 Å². The molecule has 2 rings (SSSR count). The zero-order valence-corrected chi connectivity index (χ0v) is 13.8. The van der Waals surface area contributed by atoms with E-state index in [1.54, 1.807) is 31.3 Å². The molecular weight excluding hydrogens is 294 g/mol. The largest absolute Gasteiger partial charge is 0.334 e. The molecule has 0 saturated carbocycles. The SMILES string of the molecule is CC(=O)c1ccc(NC(=O)C(=O)N(C)C2CCN(C)CC2)cc1. The van der Waals surface area contributed by atoms with Crippen molar-refractivity contribution in [3.63, 3.8) is 0 Å². The molecule has 1 N–H and O–H groups in total. The van der Waals surface area contributed by atoms with Gasteiger partial charge in [0.15, 0.2) is 5.78 Å². The van der Waals surface area contributed by atoms with E-state index in [0.29, 0.717) is 11.3 Å². The number of nitrogens with one attached hydrogen (secondary N) is 1. The number of carbonyl (C=O) groups excluding carboxylic acids is 3. The number of Topliss-reactive ketones (excluding diaryl/α,β-unsaturated/α-hetero) is 1. The fraction of sp³-hybridized carbons (Fsp3) is 0.471. The first-order valence-electron chi connectivity index (χ1n) is 7.76. The zero-order chi connectivity index (χ0) is 17.0. The predicted molar refractivity (Wildman–Crippen MR) is 88.4 cm³/mol. The van der Waals surface area contributed by atoms with Gasteiger partial charge in [0.2, 0.25) is 0 Å². The minimum absolute atomic E-state index is 0.0408. The first-order chi connectivity index (χ1) is 10.9. The smallest absolute Gasteiger partial charge is 0.313 e. The summed E-state index contributed by atoms with van der Waals surface area (Å²) in [6.07, 6.45) is 1.75. The molecule has 0 bridgehead atoms. The molecule has 1 aliphatic heterocycles. The van der Waals surface area contributed by atoms with E-state index in [1.165, 1.54) is 11.8 Å². The van der Waals surface area contributed by atoms with Gasteiger partial charge in [-0.1, -0.05) is 0 Å². The number of amides is 2. The highest BCUT2D eigenvalue weighted by atomic mass is 16.2. The molecule has 124 valence electrons. The highest BCUT2D eigenvalue weighted by Crippen LogP contribution is 2.15. The number of likely N-dealkylation sites (N-methyl/N-ethyl adjacent to an activating group) is 1. The second-order valence-electron chi connectivity index (χ2n) is 6.04. The van der Waals surface area contributed by atoms with Crippen LogP contribution in [-0.2, 0) is 9.59 Å². The normalized spacial score (nSPS) is 16.0. The van der Waals surface area contributed by atoms with Crippen LogP contribution >= 0.6 is 0 Å². The summed E-state index contributed by atoms with van der Waals surface area (Å²) in [5.41, 5.74) is 1.07. The monoisotopic (exact) mass is 317 g/mol. The molecule has 1 fully saturated rings. The van der Waals surface area contributed by atoms with Crippen LogP contribution in [0.4, 0.5) is 5.69 Å². The van der Waals surface area contributed by atoms with E-state index in [1.807, 2.05) is 0 Å². The fourth-order valence-electron chi connectivity index (χ4n) is 2.68. The van der Waals surface area contributed by atoms with E-state index in [0.717, 1.165) is 25.9 Å². The van der Waals surface area contributed by atoms with Crippen LogP contribution in [0.3, 0.4) is 0 Å². The number of hydrogen-bond donors (Lipinski definition) is 1. The van der Waals surface area contributed by atoms with E-state index < -0.39 is 11.8 Å². The Morgan fingerprint density at radius 2 is 1.70 bits per heavy atom. The van der Waals surface area contributed by atoms with Crippen LogP contribution in [-0.4, -0.2) is 60.6 Å². The van der Waals surface area contributed by atoms with Crippen LogP contribution in [0, 0.1) is 0 Å². The Kier molecular flexibility index (Phi) is 5.50. The number of piperidine rings is 1. The number of anilines is 1. The summed E-state index contributed by atoms with van der Waals surface area (Å²) in [6.45, 7) is 3.33. The Balaban J connectivity index is 1.94. The molecule has 2 amide bonds. The Morgan fingerprint density at radius 3 is 2.22 bits per heavy atom. The van der Waals surface area contributed by atoms with Gasteiger partial charge < -0.3 is 15.1 Å². The molecule has 1 saturated heterocycles. The third-order valence-electron chi connectivity index (χ3n) is 4.30. The van der Waals surface area contributed by atoms with Crippen LogP contribution in [0.25, 0.3) is 0 Å². The summed E-state index contributed by atoms with van der Waals surface area (Å²) in [5, 5.41) is 2.58. The Bertz CT molecular complexity index is 590. The summed E-state index contributed by atoms with van der Waals surface area (Å²) >= 11 is 0. The highest BCUT2D eigenvalue weighted by Gasteiger charge is 2.27. The second kappa shape index (κ2) is 7.37. The average Bonchev–Trinajstić information content (AvgIpc) is 2.54. The standard InChI is InChI=1S/C17H23N3O3/c1-12(21)13-4-6-14(7-5-13)18-16(22)17(23)20(3)15-8-10-19(2)11-9-15/h4-7,15H,8-11H2,1-3H3,(H,18,22). The van der Waals surface area contributed by atoms with Gasteiger partial charge in [-0.05, 0) is 64.2 Å². The minimum atomic E-state index is -0.651. The molecule has 6 nitrogen and oxygen atoms in total. The van der Waals surface area contributed by atoms with E-state index in [2.05, 4.69) is 17.3 Å².